The molecule has 4 heteroatoms. The number of hydrogen-bond acceptors (Lipinski definition) is 3. The summed E-state index contributed by atoms with van der Waals surface area (Å²) in [5.41, 5.74) is 1.30. The highest BCUT2D eigenvalue weighted by atomic mass is 16.3. The van der Waals surface area contributed by atoms with Crippen LogP contribution in [0.5, 0.6) is 0 Å². The van der Waals surface area contributed by atoms with Crippen LogP contribution < -0.4 is 0 Å². The fourth-order valence-electron chi connectivity index (χ4n) is 3.61. The van der Waals surface area contributed by atoms with E-state index < -0.39 is 0 Å². The lowest BCUT2D eigenvalue weighted by Crippen LogP contribution is -2.44. The molecule has 1 N–H and O–H groups in total. The number of imidazole rings is 1. The minimum Gasteiger partial charge on any atom is -0.393 e. The summed E-state index contributed by atoms with van der Waals surface area (Å²) < 4.78 is 2.25. The molecule has 2 bridgehead atoms. The van der Waals surface area contributed by atoms with E-state index in [4.69, 9.17) is 0 Å². The smallest absolute Gasteiger partial charge is 0.0951 e. The number of piperidine rings is 1. The lowest BCUT2D eigenvalue weighted by molar-refractivity contribution is 0.0297. The van der Waals surface area contributed by atoms with Crippen LogP contribution in [0.2, 0.25) is 0 Å². The van der Waals surface area contributed by atoms with Crippen LogP contribution in [0, 0.1) is 0 Å². The fraction of sp³-hybridized carbons (Fsp3) is 0.786. The monoisotopic (exact) mass is 249 g/mol. The van der Waals surface area contributed by atoms with E-state index in [-0.39, 0.29) is 6.10 Å². The highest BCUT2D eigenvalue weighted by Gasteiger charge is 2.40. The Hall–Kier alpha value is -0.870. The Bertz CT molecular complexity index is 401. The number of hydrogen-bond donors (Lipinski definition) is 1. The number of aliphatic hydroxyl groups is 1. The van der Waals surface area contributed by atoms with Gasteiger partial charge in [0.2, 0.25) is 0 Å². The van der Waals surface area contributed by atoms with E-state index >= 15 is 0 Å². The van der Waals surface area contributed by atoms with Crippen LogP contribution in [-0.2, 0) is 6.54 Å². The Labute approximate surface area is 109 Å². The van der Waals surface area contributed by atoms with E-state index in [1.54, 1.807) is 0 Å². The molecule has 4 nitrogen and oxygen atoms in total. The molecular formula is C14H23N3O. The number of fused-ring (bicyclic) bond motifs is 2. The molecule has 0 radical (unpaired) electrons. The second-order valence-electron chi connectivity index (χ2n) is 6.07. The molecule has 0 aliphatic carbocycles. The van der Waals surface area contributed by atoms with Crippen LogP contribution in [0.3, 0.4) is 0 Å². The predicted octanol–water partition coefficient (Wildman–Crippen LogP) is 1.95. The molecule has 2 saturated heterocycles. The largest absolute Gasteiger partial charge is 0.393 e. The molecule has 1 aromatic rings. The molecule has 2 aliphatic rings. The van der Waals surface area contributed by atoms with Crippen molar-refractivity contribution < 1.29 is 5.11 Å². The predicted molar refractivity (Wildman–Crippen MR) is 70.2 cm³/mol. The van der Waals surface area contributed by atoms with Gasteiger partial charge in [0.1, 0.15) is 0 Å². The molecular weight excluding hydrogens is 226 g/mol. The fourth-order valence-corrected chi connectivity index (χ4v) is 3.61. The van der Waals surface area contributed by atoms with Gasteiger partial charge in [-0.3, -0.25) is 4.90 Å². The van der Waals surface area contributed by atoms with Gasteiger partial charge in [0.15, 0.2) is 0 Å². The lowest BCUT2D eigenvalue weighted by Gasteiger charge is -2.37. The molecule has 2 fully saturated rings. The van der Waals surface area contributed by atoms with E-state index in [9.17, 15) is 5.11 Å². The van der Waals surface area contributed by atoms with E-state index in [0.717, 1.165) is 19.4 Å². The zero-order valence-electron chi connectivity index (χ0n) is 11.3. The minimum absolute atomic E-state index is 0.0752. The summed E-state index contributed by atoms with van der Waals surface area (Å²) in [6.07, 6.45) is 8.24. The molecule has 0 aromatic carbocycles. The molecule has 3 heterocycles. The molecule has 3 rings (SSSR count). The minimum atomic E-state index is -0.0752. The molecule has 2 unspecified atom stereocenters. The third-order valence-corrected chi connectivity index (χ3v) is 4.51. The Morgan fingerprint density at radius 3 is 2.61 bits per heavy atom. The van der Waals surface area contributed by atoms with Crippen molar-refractivity contribution in [2.24, 2.45) is 0 Å². The Balaban J connectivity index is 1.75. The van der Waals surface area contributed by atoms with E-state index in [1.807, 2.05) is 12.5 Å². The molecule has 2 aliphatic heterocycles. The first-order valence-corrected chi connectivity index (χ1v) is 7.09. The summed E-state index contributed by atoms with van der Waals surface area (Å²) in [7, 11) is 0. The molecule has 0 saturated carbocycles. The highest BCUT2D eigenvalue weighted by Crippen LogP contribution is 2.36. The molecule has 100 valence electrons. The van der Waals surface area contributed by atoms with E-state index in [2.05, 4.69) is 28.3 Å². The Morgan fingerprint density at radius 2 is 2.00 bits per heavy atom. The molecule has 1 aromatic heterocycles. The van der Waals surface area contributed by atoms with Crippen LogP contribution in [0.15, 0.2) is 12.5 Å². The van der Waals surface area contributed by atoms with Crippen molar-refractivity contribution in [2.45, 2.75) is 70.3 Å². The summed E-state index contributed by atoms with van der Waals surface area (Å²) in [6.45, 7) is 5.37. The van der Waals surface area contributed by atoms with Crippen molar-refractivity contribution in [1.29, 1.82) is 0 Å². The van der Waals surface area contributed by atoms with Crippen LogP contribution in [0.4, 0.5) is 0 Å². The first-order valence-electron chi connectivity index (χ1n) is 7.09. The second kappa shape index (κ2) is 4.67. The van der Waals surface area contributed by atoms with Gasteiger partial charge in [-0.2, -0.15) is 0 Å². The summed E-state index contributed by atoms with van der Waals surface area (Å²) in [6, 6.07) is 1.62. The first kappa shape index (κ1) is 12.2. The van der Waals surface area contributed by atoms with Gasteiger partial charge in [0.05, 0.1) is 18.1 Å². The Kier molecular flexibility index (Phi) is 3.16. The van der Waals surface area contributed by atoms with Crippen molar-refractivity contribution in [1.82, 2.24) is 14.5 Å². The van der Waals surface area contributed by atoms with Crippen molar-refractivity contribution in [2.75, 3.05) is 0 Å². The van der Waals surface area contributed by atoms with Gasteiger partial charge in [0.25, 0.3) is 0 Å². The highest BCUT2D eigenvalue weighted by molar-refractivity contribution is 5.04. The lowest BCUT2D eigenvalue weighted by atomic mass is 10.00. The van der Waals surface area contributed by atoms with Gasteiger partial charge in [-0.05, 0) is 39.5 Å². The van der Waals surface area contributed by atoms with Crippen LogP contribution in [0.25, 0.3) is 0 Å². The average molecular weight is 249 g/mol. The van der Waals surface area contributed by atoms with E-state index in [1.165, 1.54) is 18.5 Å². The topological polar surface area (TPSA) is 41.3 Å². The summed E-state index contributed by atoms with van der Waals surface area (Å²) >= 11 is 0. The zero-order chi connectivity index (χ0) is 12.7. The molecule has 0 amide bonds. The van der Waals surface area contributed by atoms with E-state index in [0.29, 0.717) is 18.1 Å². The third-order valence-electron chi connectivity index (χ3n) is 4.51. The van der Waals surface area contributed by atoms with Gasteiger partial charge in [-0.15, -0.1) is 0 Å². The number of rotatable bonds is 3. The molecule has 2 atom stereocenters. The molecule has 18 heavy (non-hydrogen) atoms. The van der Waals surface area contributed by atoms with Crippen molar-refractivity contribution >= 4 is 0 Å². The average Bonchev–Trinajstić information content (AvgIpc) is 2.85. The maximum Gasteiger partial charge on any atom is 0.0951 e. The second-order valence-corrected chi connectivity index (χ2v) is 6.07. The maximum atomic E-state index is 9.83. The summed E-state index contributed by atoms with van der Waals surface area (Å²) in [5.74, 6) is 0. The van der Waals surface area contributed by atoms with Crippen molar-refractivity contribution in [3.05, 3.63) is 18.2 Å². The van der Waals surface area contributed by atoms with Gasteiger partial charge >= 0.3 is 0 Å². The number of aliphatic hydroxyl groups excluding tert-OH is 1. The quantitative estimate of drug-likeness (QED) is 0.890. The number of nitrogens with zero attached hydrogens (tertiary/aromatic N) is 3. The van der Waals surface area contributed by atoms with Gasteiger partial charge < -0.3 is 9.67 Å². The molecule has 0 spiro atoms. The van der Waals surface area contributed by atoms with Crippen LogP contribution in [0.1, 0.15) is 51.3 Å². The van der Waals surface area contributed by atoms with Gasteiger partial charge in [0, 0.05) is 30.9 Å². The Morgan fingerprint density at radius 1 is 1.33 bits per heavy atom. The maximum absolute atomic E-state index is 9.83. The SMILES string of the molecule is CC(C)n1cncc1CN1C2CCC1CC(O)C2. The number of aromatic nitrogens is 2. The zero-order valence-corrected chi connectivity index (χ0v) is 11.3. The summed E-state index contributed by atoms with van der Waals surface area (Å²) in [5, 5.41) is 9.83. The van der Waals surface area contributed by atoms with Gasteiger partial charge in [-0.25, -0.2) is 4.98 Å². The third kappa shape index (κ3) is 2.08. The van der Waals surface area contributed by atoms with Crippen molar-refractivity contribution in [3.8, 4) is 0 Å². The summed E-state index contributed by atoms with van der Waals surface area (Å²) in [4.78, 5) is 6.87. The van der Waals surface area contributed by atoms with Crippen LogP contribution >= 0.6 is 0 Å². The standard InChI is InChI=1S/C14H23N3O/c1-10(2)17-9-15-7-13(17)8-16-11-3-4-12(16)6-14(18)5-11/h7,9-12,14,18H,3-6,8H2,1-2H3. The van der Waals surface area contributed by atoms with Crippen molar-refractivity contribution in [3.63, 3.8) is 0 Å². The van der Waals surface area contributed by atoms with Crippen LogP contribution in [-0.4, -0.2) is 37.7 Å². The normalized spacial score (nSPS) is 32.3. The first-order chi connectivity index (χ1) is 8.65. The van der Waals surface area contributed by atoms with Gasteiger partial charge in [-0.1, -0.05) is 0 Å².